The second-order valence-electron chi connectivity index (χ2n) is 4.44. The number of hydrogen-bond acceptors (Lipinski definition) is 3. The van der Waals surface area contributed by atoms with Crippen LogP contribution in [0.25, 0.3) is 0 Å². The molecule has 0 saturated heterocycles. The summed E-state index contributed by atoms with van der Waals surface area (Å²) >= 11 is 0. The van der Waals surface area contributed by atoms with E-state index in [1.807, 2.05) is 0 Å². The summed E-state index contributed by atoms with van der Waals surface area (Å²) in [5.41, 5.74) is 1.23. The van der Waals surface area contributed by atoms with Gasteiger partial charge in [-0.25, -0.2) is 0 Å². The highest BCUT2D eigenvalue weighted by Crippen LogP contribution is 2.22. The highest BCUT2D eigenvalue weighted by atomic mass is 16.2. The van der Waals surface area contributed by atoms with Crippen LogP contribution in [0.2, 0.25) is 0 Å². The Morgan fingerprint density at radius 1 is 1.37 bits per heavy atom. The van der Waals surface area contributed by atoms with E-state index in [0.29, 0.717) is 12.0 Å². The fraction of sp³-hybridized carbons (Fsp3) is 0.357. The van der Waals surface area contributed by atoms with Gasteiger partial charge in [-0.3, -0.25) is 19.3 Å². The number of benzene rings is 1. The molecule has 0 radical (unpaired) electrons. The Morgan fingerprint density at radius 2 is 2.05 bits per heavy atom. The molecule has 1 aliphatic rings. The number of carbonyl (C=O) groups is 3. The van der Waals surface area contributed by atoms with Gasteiger partial charge >= 0.3 is 0 Å². The second kappa shape index (κ2) is 5.22. The van der Waals surface area contributed by atoms with Crippen molar-refractivity contribution in [3.63, 3.8) is 0 Å². The van der Waals surface area contributed by atoms with E-state index < -0.39 is 6.04 Å². The van der Waals surface area contributed by atoms with Gasteiger partial charge in [-0.15, -0.1) is 0 Å². The summed E-state index contributed by atoms with van der Waals surface area (Å²) < 4.78 is 0. The van der Waals surface area contributed by atoms with Gasteiger partial charge in [0.1, 0.15) is 6.04 Å². The number of nitrogens with zero attached hydrogens (tertiary/aromatic N) is 1. The molecule has 1 aliphatic heterocycles. The van der Waals surface area contributed by atoms with Crippen LogP contribution in [0.1, 0.15) is 29.3 Å². The Kier molecular flexibility index (Phi) is 3.64. The first-order valence-corrected chi connectivity index (χ1v) is 6.26. The number of hydrogen-bond donors (Lipinski definition) is 1. The van der Waals surface area contributed by atoms with Gasteiger partial charge in [-0.2, -0.15) is 0 Å². The van der Waals surface area contributed by atoms with E-state index in [1.54, 1.807) is 31.2 Å². The molecule has 0 saturated carbocycles. The number of imide groups is 1. The van der Waals surface area contributed by atoms with Crippen LogP contribution in [0.4, 0.5) is 0 Å². The zero-order chi connectivity index (χ0) is 14.0. The van der Waals surface area contributed by atoms with Gasteiger partial charge in [0.2, 0.25) is 11.8 Å². The maximum atomic E-state index is 12.4. The van der Waals surface area contributed by atoms with Crippen molar-refractivity contribution in [2.45, 2.75) is 25.8 Å². The molecule has 19 heavy (non-hydrogen) atoms. The van der Waals surface area contributed by atoms with E-state index >= 15 is 0 Å². The molecule has 1 atom stereocenters. The van der Waals surface area contributed by atoms with Crippen molar-refractivity contribution in [2.24, 2.45) is 0 Å². The van der Waals surface area contributed by atoms with Gasteiger partial charge < -0.3 is 5.32 Å². The highest BCUT2D eigenvalue weighted by Gasteiger charge is 2.37. The molecule has 0 aromatic heterocycles. The van der Waals surface area contributed by atoms with Crippen LogP contribution in [-0.2, 0) is 16.0 Å². The predicted octanol–water partition coefficient (Wildman–Crippen LogP) is 0.736. The Morgan fingerprint density at radius 3 is 2.68 bits per heavy atom. The van der Waals surface area contributed by atoms with Gasteiger partial charge in [-0.05, 0) is 18.1 Å². The maximum Gasteiger partial charge on any atom is 0.261 e. The first-order chi connectivity index (χ1) is 9.10. The fourth-order valence-electron chi connectivity index (χ4n) is 2.34. The van der Waals surface area contributed by atoms with Crippen molar-refractivity contribution >= 4 is 17.7 Å². The molecule has 1 aromatic rings. The average molecular weight is 260 g/mol. The highest BCUT2D eigenvalue weighted by molar-refractivity contribution is 6.12. The first kappa shape index (κ1) is 13.3. The fourth-order valence-corrected chi connectivity index (χ4v) is 2.34. The van der Waals surface area contributed by atoms with Crippen LogP contribution in [-0.4, -0.2) is 35.7 Å². The van der Waals surface area contributed by atoms with E-state index in [2.05, 4.69) is 5.32 Å². The summed E-state index contributed by atoms with van der Waals surface area (Å²) in [6.07, 6.45) is 0.564. The standard InChI is InChI=1S/C14H16N2O3/c1-3-11(13(18)15-2)16-12(17)8-9-6-4-5-7-10(9)14(16)19/h4-7,11H,3,8H2,1-2H3,(H,15,18). The SMILES string of the molecule is CCC(C(=O)NC)N1C(=O)Cc2ccccc2C1=O. The average Bonchev–Trinajstić information content (AvgIpc) is 2.42. The largest absolute Gasteiger partial charge is 0.357 e. The maximum absolute atomic E-state index is 12.4. The van der Waals surface area contributed by atoms with Crippen molar-refractivity contribution in [1.29, 1.82) is 0 Å². The molecule has 5 heteroatoms. The van der Waals surface area contributed by atoms with Crippen molar-refractivity contribution in [3.05, 3.63) is 35.4 Å². The molecule has 100 valence electrons. The lowest BCUT2D eigenvalue weighted by atomic mass is 9.96. The summed E-state index contributed by atoms with van der Waals surface area (Å²) in [5, 5.41) is 2.49. The molecule has 1 aromatic carbocycles. The van der Waals surface area contributed by atoms with Gasteiger partial charge in [0, 0.05) is 12.6 Å². The third-order valence-electron chi connectivity index (χ3n) is 3.32. The number of rotatable bonds is 3. The van der Waals surface area contributed by atoms with Crippen LogP contribution >= 0.6 is 0 Å². The summed E-state index contributed by atoms with van der Waals surface area (Å²) in [4.78, 5) is 37.4. The molecule has 0 spiro atoms. The zero-order valence-corrected chi connectivity index (χ0v) is 11.0. The number of fused-ring (bicyclic) bond motifs is 1. The third kappa shape index (κ3) is 2.23. The van der Waals surface area contributed by atoms with E-state index in [9.17, 15) is 14.4 Å². The molecule has 0 bridgehead atoms. The molecule has 0 fully saturated rings. The molecule has 0 aliphatic carbocycles. The van der Waals surface area contributed by atoms with Crippen LogP contribution < -0.4 is 5.32 Å². The monoisotopic (exact) mass is 260 g/mol. The van der Waals surface area contributed by atoms with Gasteiger partial charge in [0.15, 0.2) is 0 Å². The van der Waals surface area contributed by atoms with Gasteiger partial charge in [-0.1, -0.05) is 25.1 Å². The molecule has 1 heterocycles. The quantitative estimate of drug-likeness (QED) is 0.815. The molecule has 1 N–H and O–H groups in total. The molecular weight excluding hydrogens is 244 g/mol. The van der Waals surface area contributed by atoms with Crippen LogP contribution in [0, 0.1) is 0 Å². The Labute approximate surface area is 111 Å². The van der Waals surface area contributed by atoms with Gasteiger partial charge in [0.05, 0.1) is 6.42 Å². The Hall–Kier alpha value is -2.17. The smallest absolute Gasteiger partial charge is 0.261 e. The van der Waals surface area contributed by atoms with E-state index in [1.165, 1.54) is 7.05 Å². The van der Waals surface area contributed by atoms with Crippen molar-refractivity contribution in [2.75, 3.05) is 7.05 Å². The third-order valence-corrected chi connectivity index (χ3v) is 3.32. The molecule has 5 nitrogen and oxygen atoms in total. The van der Waals surface area contributed by atoms with Crippen LogP contribution in [0.3, 0.4) is 0 Å². The normalized spacial score (nSPS) is 16.0. The molecule has 3 amide bonds. The minimum Gasteiger partial charge on any atom is -0.357 e. The Bertz CT molecular complexity index is 539. The summed E-state index contributed by atoms with van der Waals surface area (Å²) in [6, 6.07) is 6.27. The molecular formula is C14H16N2O3. The lowest BCUT2D eigenvalue weighted by Gasteiger charge is -2.32. The van der Waals surface area contributed by atoms with Crippen molar-refractivity contribution in [1.82, 2.24) is 10.2 Å². The molecule has 1 unspecified atom stereocenters. The van der Waals surface area contributed by atoms with E-state index in [-0.39, 0.29) is 24.1 Å². The first-order valence-electron chi connectivity index (χ1n) is 6.26. The lowest BCUT2D eigenvalue weighted by Crippen LogP contribution is -2.53. The number of carbonyl (C=O) groups excluding carboxylic acids is 3. The summed E-state index contributed by atoms with van der Waals surface area (Å²) in [7, 11) is 1.50. The topological polar surface area (TPSA) is 66.5 Å². The second-order valence-corrected chi connectivity index (χ2v) is 4.44. The van der Waals surface area contributed by atoms with Crippen LogP contribution in [0.15, 0.2) is 24.3 Å². The summed E-state index contributed by atoms with van der Waals surface area (Å²) in [5.74, 6) is -1.02. The number of amides is 3. The van der Waals surface area contributed by atoms with Crippen LogP contribution in [0.5, 0.6) is 0 Å². The number of likely N-dealkylation sites (N-methyl/N-ethyl adjacent to an activating group) is 1. The summed E-state index contributed by atoms with van der Waals surface area (Å²) in [6.45, 7) is 1.78. The number of nitrogens with one attached hydrogen (secondary N) is 1. The molecule has 2 rings (SSSR count). The van der Waals surface area contributed by atoms with Crippen molar-refractivity contribution < 1.29 is 14.4 Å². The van der Waals surface area contributed by atoms with E-state index in [0.717, 1.165) is 10.5 Å². The predicted molar refractivity (Wildman–Crippen MR) is 69.5 cm³/mol. The van der Waals surface area contributed by atoms with Crippen molar-refractivity contribution in [3.8, 4) is 0 Å². The Balaban J connectivity index is 2.40. The lowest BCUT2D eigenvalue weighted by molar-refractivity contribution is -0.137. The minimum atomic E-state index is -0.738. The minimum absolute atomic E-state index is 0.162. The van der Waals surface area contributed by atoms with Gasteiger partial charge in [0.25, 0.3) is 5.91 Å². The van der Waals surface area contributed by atoms with E-state index in [4.69, 9.17) is 0 Å². The zero-order valence-electron chi connectivity index (χ0n) is 11.0.